The Morgan fingerprint density at radius 3 is 2.58 bits per heavy atom. The second kappa shape index (κ2) is 7.90. The second-order valence-corrected chi connectivity index (χ2v) is 6.04. The third kappa shape index (κ3) is 3.96. The normalized spacial score (nSPS) is 13.1. The number of nitrogens with one attached hydrogen (secondary N) is 1. The Morgan fingerprint density at radius 2 is 2.00 bits per heavy atom. The van der Waals surface area contributed by atoms with Gasteiger partial charge in [-0.2, -0.15) is 5.10 Å². The van der Waals surface area contributed by atoms with Crippen LogP contribution in [0.2, 0.25) is 0 Å². The molecule has 2 N–H and O–H groups in total. The number of aryl methyl sites for hydroxylation is 1. The van der Waals surface area contributed by atoms with Gasteiger partial charge in [-0.25, -0.2) is 13.9 Å². The molecule has 0 saturated carbocycles. The van der Waals surface area contributed by atoms with Crippen molar-refractivity contribution in [3.05, 3.63) is 57.8 Å². The molecule has 1 aromatic carbocycles. The third-order valence-electron chi connectivity index (χ3n) is 4.17. The Bertz CT molecular complexity index is 894. The van der Waals surface area contributed by atoms with E-state index in [9.17, 15) is 23.9 Å². The maximum Gasteiger partial charge on any atom is 0.326 e. The molecular weight excluding hydrogens is 341 g/mol. The van der Waals surface area contributed by atoms with Gasteiger partial charge >= 0.3 is 5.97 Å². The second-order valence-electron chi connectivity index (χ2n) is 6.04. The third-order valence-corrected chi connectivity index (χ3v) is 4.17. The van der Waals surface area contributed by atoms with Gasteiger partial charge in [-0.1, -0.05) is 32.4 Å². The smallest absolute Gasteiger partial charge is 0.326 e. The minimum Gasteiger partial charge on any atom is -0.480 e. The number of aromatic nitrogens is 2. The van der Waals surface area contributed by atoms with Crippen molar-refractivity contribution in [3.63, 3.8) is 0 Å². The van der Waals surface area contributed by atoms with E-state index in [0.717, 1.165) is 10.7 Å². The van der Waals surface area contributed by atoms with Crippen molar-refractivity contribution in [2.45, 2.75) is 33.2 Å². The molecule has 138 valence electrons. The summed E-state index contributed by atoms with van der Waals surface area (Å²) in [5, 5.41) is 15.6. The highest BCUT2D eigenvalue weighted by Crippen LogP contribution is 2.13. The highest BCUT2D eigenvalue weighted by Gasteiger charge is 2.27. The van der Waals surface area contributed by atoms with Gasteiger partial charge in [0.05, 0.1) is 0 Å². The predicted octanol–water partition coefficient (Wildman–Crippen LogP) is 1.91. The summed E-state index contributed by atoms with van der Waals surface area (Å²) in [5.74, 6) is -3.01. The van der Waals surface area contributed by atoms with Crippen LogP contribution in [0.5, 0.6) is 0 Å². The van der Waals surface area contributed by atoms with Gasteiger partial charge in [0.2, 0.25) is 5.43 Å². The van der Waals surface area contributed by atoms with E-state index >= 15 is 0 Å². The fourth-order valence-electron chi connectivity index (χ4n) is 2.46. The SMILES string of the molecule is CC[C@H](C)[C@H](NC(=O)c1nn(-c2ccccc2F)c(C)cc1=O)C(=O)O. The lowest BCUT2D eigenvalue weighted by Crippen LogP contribution is -2.46. The molecule has 2 aromatic rings. The fraction of sp³-hybridized carbons (Fsp3) is 0.333. The van der Waals surface area contributed by atoms with E-state index in [2.05, 4.69) is 10.4 Å². The van der Waals surface area contributed by atoms with Crippen LogP contribution in [0.4, 0.5) is 4.39 Å². The van der Waals surface area contributed by atoms with Crippen molar-refractivity contribution in [1.29, 1.82) is 0 Å². The van der Waals surface area contributed by atoms with E-state index in [1.165, 1.54) is 18.2 Å². The number of carboxylic acids is 1. The van der Waals surface area contributed by atoms with Gasteiger partial charge < -0.3 is 10.4 Å². The summed E-state index contributed by atoms with van der Waals surface area (Å²) in [7, 11) is 0. The molecule has 7 nitrogen and oxygen atoms in total. The molecule has 0 radical (unpaired) electrons. The number of carbonyl (C=O) groups is 2. The lowest BCUT2D eigenvalue weighted by Gasteiger charge is -2.20. The maximum absolute atomic E-state index is 14.0. The van der Waals surface area contributed by atoms with Crippen LogP contribution in [0.15, 0.2) is 35.1 Å². The predicted molar refractivity (Wildman–Crippen MR) is 92.9 cm³/mol. The Morgan fingerprint density at radius 1 is 1.35 bits per heavy atom. The lowest BCUT2D eigenvalue weighted by molar-refractivity contribution is -0.140. The number of hydrogen-bond donors (Lipinski definition) is 2. The minimum atomic E-state index is -1.20. The van der Waals surface area contributed by atoms with E-state index in [4.69, 9.17) is 0 Å². The van der Waals surface area contributed by atoms with Gasteiger partial charge in [0, 0.05) is 11.8 Å². The molecule has 0 fully saturated rings. The average molecular weight is 361 g/mol. The standard InChI is InChI=1S/C18H20FN3O4/c1-4-10(2)15(18(25)26)20-17(24)16-14(23)9-11(3)22(21-16)13-8-6-5-7-12(13)19/h5-10,15H,4H2,1-3H3,(H,20,24)(H,25,26)/t10-,15-/m0/s1. The largest absolute Gasteiger partial charge is 0.480 e. The topological polar surface area (TPSA) is 101 Å². The van der Waals surface area contributed by atoms with Crippen molar-refractivity contribution < 1.29 is 19.1 Å². The van der Waals surface area contributed by atoms with Gasteiger partial charge in [-0.3, -0.25) is 9.59 Å². The summed E-state index contributed by atoms with van der Waals surface area (Å²) in [6.45, 7) is 5.03. The maximum atomic E-state index is 14.0. The number of aliphatic carboxylic acids is 1. The molecule has 1 aromatic heterocycles. The van der Waals surface area contributed by atoms with E-state index < -0.39 is 34.9 Å². The van der Waals surface area contributed by atoms with Crippen molar-refractivity contribution in [2.24, 2.45) is 5.92 Å². The van der Waals surface area contributed by atoms with Gasteiger partial charge in [0.1, 0.15) is 17.5 Å². The summed E-state index contributed by atoms with van der Waals surface area (Å²) >= 11 is 0. The first-order chi connectivity index (χ1) is 12.3. The van der Waals surface area contributed by atoms with Crippen molar-refractivity contribution in [3.8, 4) is 5.69 Å². The van der Waals surface area contributed by atoms with Crippen molar-refractivity contribution in [1.82, 2.24) is 15.1 Å². The lowest BCUT2D eigenvalue weighted by atomic mass is 9.99. The molecule has 0 aliphatic heterocycles. The van der Waals surface area contributed by atoms with E-state index in [0.29, 0.717) is 12.1 Å². The van der Waals surface area contributed by atoms with E-state index in [-0.39, 0.29) is 11.6 Å². The monoisotopic (exact) mass is 361 g/mol. The molecule has 0 bridgehead atoms. The fourth-order valence-corrected chi connectivity index (χ4v) is 2.46. The Hall–Kier alpha value is -3.03. The molecule has 2 atom stereocenters. The number of amides is 1. The van der Waals surface area contributed by atoms with E-state index in [1.807, 2.05) is 0 Å². The van der Waals surface area contributed by atoms with Gasteiger partial charge in [0.25, 0.3) is 5.91 Å². The van der Waals surface area contributed by atoms with Gasteiger partial charge in [-0.05, 0) is 25.0 Å². The van der Waals surface area contributed by atoms with Gasteiger partial charge in [-0.15, -0.1) is 0 Å². The molecule has 1 amide bonds. The number of hydrogen-bond acceptors (Lipinski definition) is 4. The Kier molecular flexibility index (Phi) is 5.86. The molecule has 0 saturated heterocycles. The number of nitrogens with zero attached hydrogens (tertiary/aromatic N) is 2. The van der Waals surface area contributed by atoms with Crippen LogP contribution in [0.25, 0.3) is 5.69 Å². The molecule has 1 heterocycles. The summed E-state index contributed by atoms with van der Waals surface area (Å²) in [6.07, 6.45) is 0.526. The summed E-state index contributed by atoms with van der Waals surface area (Å²) in [6, 6.07) is 5.80. The first-order valence-corrected chi connectivity index (χ1v) is 8.15. The summed E-state index contributed by atoms with van der Waals surface area (Å²) in [4.78, 5) is 36.0. The zero-order valence-corrected chi connectivity index (χ0v) is 14.7. The van der Waals surface area contributed by atoms with Crippen LogP contribution in [-0.2, 0) is 4.79 Å². The van der Waals surface area contributed by atoms with E-state index in [1.54, 1.807) is 26.8 Å². The van der Waals surface area contributed by atoms with Crippen LogP contribution in [0, 0.1) is 18.7 Å². The number of benzene rings is 1. The number of halogens is 1. The summed E-state index contributed by atoms with van der Waals surface area (Å²) in [5.41, 5.74) is -0.738. The molecule has 0 aliphatic rings. The number of para-hydroxylation sites is 1. The highest BCUT2D eigenvalue weighted by molar-refractivity contribution is 5.94. The first-order valence-electron chi connectivity index (χ1n) is 8.15. The molecule has 0 aliphatic carbocycles. The van der Waals surface area contributed by atoms with Crippen LogP contribution in [-0.4, -0.2) is 32.8 Å². The molecule has 0 unspecified atom stereocenters. The number of carbonyl (C=O) groups excluding carboxylic acids is 1. The Balaban J connectivity index is 2.45. The minimum absolute atomic E-state index is 0.0794. The van der Waals surface area contributed by atoms with Crippen LogP contribution >= 0.6 is 0 Å². The van der Waals surface area contributed by atoms with Gasteiger partial charge in [0.15, 0.2) is 5.69 Å². The van der Waals surface area contributed by atoms with Crippen molar-refractivity contribution >= 4 is 11.9 Å². The number of rotatable bonds is 6. The quantitative estimate of drug-likeness (QED) is 0.818. The highest BCUT2D eigenvalue weighted by atomic mass is 19.1. The first kappa shape index (κ1) is 19.3. The van der Waals surface area contributed by atoms with Crippen LogP contribution in [0.1, 0.15) is 36.5 Å². The zero-order chi connectivity index (χ0) is 19.4. The molecule has 26 heavy (non-hydrogen) atoms. The molecule has 0 spiro atoms. The average Bonchev–Trinajstić information content (AvgIpc) is 2.59. The molecular formula is C18H20FN3O4. The number of carboxylic acid groups (broad SMARTS) is 1. The van der Waals surface area contributed by atoms with Crippen LogP contribution in [0.3, 0.4) is 0 Å². The summed E-state index contributed by atoms with van der Waals surface area (Å²) < 4.78 is 15.2. The van der Waals surface area contributed by atoms with Crippen molar-refractivity contribution in [2.75, 3.05) is 0 Å². The molecule has 2 rings (SSSR count). The zero-order valence-electron chi connectivity index (χ0n) is 14.7. The molecule has 8 heteroatoms. The Labute approximate surface area is 149 Å². The van der Waals surface area contributed by atoms with Crippen LogP contribution < -0.4 is 10.7 Å².